The number of fused-ring (bicyclic) bond motifs is 1. The third-order valence-corrected chi connectivity index (χ3v) is 6.28. The van der Waals surface area contributed by atoms with E-state index in [0.29, 0.717) is 28.2 Å². The summed E-state index contributed by atoms with van der Waals surface area (Å²) in [4.78, 5) is 17.2. The topological polar surface area (TPSA) is 118 Å². The van der Waals surface area contributed by atoms with Crippen LogP contribution in [-0.4, -0.2) is 46.2 Å². The summed E-state index contributed by atoms with van der Waals surface area (Å²) < 4.78 is 26.9. The second kappa shape index (κ2) is 8.60. The standard InChI is InChI=1S/C20H21ClN8O2S/c1-28-12-25-16-9-14(6-7-17(16)28)26-20-24-11-15(21)18(27-20)23-10-13-5-4-8-22-19(13)29(2)32(3,30)31/h4-9,11-12H,10H2,1-3H3,(H2,23,24,26,27). The van der Waals surface area contributed by atoms with Gasteiger partial charge in [-0.1, -0.05) is 17.7 Å². The van der Waals surface area contributed by atoms with Gasteiger partial charge in [0.25, 0.3) is 0 Å². The van der Waals surface area contributed by atoms with Crippen LogP contribution in [0.3, 0.4) is 0 Å². The van der Waals surface area contributed by atoms with Crippen molar-refractivity contribution in [2.75, 3.05) is 28.2 Å². The Bertz CT molecular complexity index is 1390. The summed E-state index contributed by atoms with van der Waals surface area (Å²) in [6, 6.07) is 9.30. The van der Waals surface area contributed by atoms with Crippen molar-refractivity contribution in [2.24, 2.45) is 7.05 Å². The fourth-order valence-electron chi connectivity index (χ4n) is 3.08. The van der Waals surface area contributed by atoms with E-state index in [1.165, 1.54) is 13.2 Å². The first-order chi connectivity index (χ1) is 15.2. The minimum absolute atomic E-state index is 0.263. The summed E-state index contributed by atoms with van der Waals surface area (Å²) >= 11 is 6.27. The lowest BCUT2D eigenvalue weighted by Gasteiger charge is -2.19. The molecule has 0 fully saturated rings. The zero-order chi connectivity index (χ0) is 22.9. The summed E-state index contributed by atoms with van der Waals surface area (Å²) in [6.07, 6.45) is 5.91. The molecule has 3 aromatic heterocycles. The molecule has 0 aliphatic carbocycles. The largest absolute Gasteiger partial charge is 0.364 e. The minimum Gasteiger partial charge on any atom is -0.364 e. The first-order valence-corrected chi connectivity index (χ1v) is 11.8. The van der Waals surface area contributed by atoms with Gasteiger partial charge in [0, 0.05) is 38.1 Å². The van der Waals surface area contributed by atoms with Gasteiger partial charge < -0.3 is 15.2 Å². The molecule has 10 nitrogen and oxygen atoms in total. The molecule has 0 radical (unpaired) electrons. The van der Waals surface area contributed by atoms with Crippen molar-refractivity contribution in [2.45, 2.75) is 6.54 Å². The van der Waals surface area contributed by atoms with E-state index in [1.807, 2.05) is 29.8 Å². The molecule has 0 aliphatic rings. The van der Waals surface area contributed by atoms with Crippen LogP contribution in [0, 0.1) is 0 Å². The number of aromatic nitrogens is 5. The van der Waals surface area contributed by atoms with E-state index in [1.54, 1.807) is 24.7 Å². The fraction of sp³-hybridized carbons (Fsp3) is 0.200. The molecule has 0 amide bonds. The maximum absolute atomic E-state index is 11.9. The highest BCUT2D eigenvalue weighted by Gasteiger charge is 2.17. The number of hydrogen-bond donors (Lipinski definition) is 2. The van der Waals surface area contributed by atoms with Crippen LogP contribution in [0.4, 0.5) is 23.3 Å². The summed E-state index contributed by atoms with van der Waals surface area (Å²) in [5, 5.41) is 6.62. The average Bonchev–Trinajstić information content (AvgIpc) is 3.13. The predicted octanol–water partition coefficient (Wildman–Crippen LogP) is 3.16. The molecule has 0 spiro atoms. The molecule has 0 saturated heterocycles. The molecule has 0 bridgehead atoms. The zero-order valence-electron chi connectivity index (χ0n) is 17.6. The van der Waals surface area contributed by atoms with Crippen LogP contribution in [0.25, 0.3) is 11.0 Å². The summed E-state index contributed by atoms with van der Waals surface area (Å²) in [5.41, 5.74) is 3.32. The fourth-order valence-corrected chi connectivity index (χ4v) is 3.72. The average molecular weight is 473 g/mol. The molecule has 2 N–H and O–H groups in total. The predicted molar refractivity (Wildman–Crippen MR) is 126 cm³/mol. The van der Waals surface area contributed by atoms with Gasteiger partial charge in [-0.05, 0) is 24.3 Å². The zero-order valence-corrected chi connectivity index (χ0v) is 19.2. The van der Waals surface area contributed by atoms with Crippen molar-refractivity contribution in [3.63, 3.8) is 0 Å². The molecule has 0 unspecified atom stereocenters. The molecule has 12 heteroatoms. The van der Waals surface area contributed by atoms with Crippen LogP contribution in [0.1, 0.15) is 5.56 Å². The van der Waals surface area contributed by atoms with Crippen molar-refractivity contribution >= 4 is 55.9 Å². The third-order valence-electron chi connectivity index (χ3n) is 4.84. The molecule has 3 heterocycles. The molecule has 4 aromatic rings. The lowest BCUT2D eigenvalue weighted by Crippen LogP contribution is -2.27. The van der Waals surface area contributed by atoms with Crippen LogP contribution in [-0.2, 0) is 23.6 Å². The first-order valence-electron chi connectivity index (χ1n) is 9.54. The van der Waals surface area contributed by atoms with Crippen LogP contribution in [0.15, 0.2) is 49.1 Å². The molecule has 1 aromatic carbocycles. The van der Waals surface area contributed by atoms with E-state index in [2.05, 4.69) is 30.6 Å². The molecule has 0 atom stereocenters. The molecule has 0 aliphatic heterocycles. The van der Waals surface area contributed by atoms with E-state index in [0.717, 1.165) is 27.3 Å². The highest BCUT2D eigenvalue weighted by Crippen LogP contribution is 2.25. The second-order valence-corrected chi connectivity index (χ2v) is 9.57. The normalized spacial score (nSPS) is 11.5. The maximum atomic E-state index is 11.9. The van der Waals surface area contributed by atoms with Gasteiger partial charge in [-0.25, -0.2) is 23.4 Å². The van der Waals surface area contributed by atoms with Gasteiger partial charge >= 0.3 is 0 Å². The second-order valence-electron chi connectivity index (χ2n) is 7.14. The van der Waals surface area contributed by atoms with E-state index in [-0.39, 0.29) is 6.54 Å². The van der Waals surface area contributed by atoms with Crippen molar-refractivity contribution in [1.82, 2.24) is 24.5 Å². The molecular formula is C20H21ClN8O2S. The summed E-state index contributed by atoms with van der Waals surface area (Å²) in [6.45, 7) is 0.263. The number of nitrogens with one attached hydrogen (secondary N) is 2. The number of halogens is 1. The smallest absolute Gasteiger partial charge is 0.233 e. The van der Waals surface area contributed by atoms with Gasteiger partial charge in [0.05, 0.1) is 29.8 Å². The van der Waals surface area contributed by atoms with E-state index in [4.69, 9.17) is 11.6 Å². The van der Waals surface area contributed by atoms with Gasteiger partial charge in [-0.2, -0.15) is 4.98 Å². The van der Waals surface area contributed by atoms with Gasteiger partial charge in [0.2, 0.25) is 16.0 Å². The molecule has 166 valence electrons. The number of anilines is 4. The van der Waals surface area contributed by atoms with Crippen molar-refractivity contribution < 1.29 is 8.42 Å². The molecule has 32 heavy (non-hydrogen) atoms. The quantitative estimate of drug-likeness (QED) is 0.421. The number of benzene rings is 1. The number of sulfonamides is 1. The first kappa shape index (κ1) is 21.8. The van der Waals surface area contributed by atoms with Crippen molar-refractivity contribution in [3.05, 3.63) is 59.6 Å². The van der Waals surface area contributed by atoms with Crippen molar-refractivity contribution in [1.29, 1.82) is 0 Å². The Morgan fingerprint density at radius 1 is 1.19 bits per heavy atom. The van der Waals surface area contributed by atoms with Gasteiger partial charge in [0.15, 0.2) is 5.82 Å². The Morgan fingerprint density at radius 3 is 2.78 bits per heavy atom. The Hall–Kier alpha value is -3.44. The lowest BCUT2D eigenvalue weighted by molar-refractivity contribution is 0.599. The van der Waals surface area contributed by atoms with Gasteiger partial charge in [-0.15, -0.1) is 0 Å². The third kappa shape index (κ3) is 4.58. The lowest BCUT2D eigenvalue weighted by atomic mass is 10.2. The monoisotopic (exact) mass is 472 g/mol. The van der Waals surface area contributed by atoms with Crippen LogP contribution in [0.5, 0.6) is 0 Å². The number of hydrogen-bond acceptors (Lipinski definition) is 8. The van der Waals surface area contributed by atoms with E-state index in [9.17, 15) is 8.42 Å². The summed E-state index contributed by atoms with van der Waals surface area (Å²) in [5.74, 6) is 1.08. The maximum Gasteiger partial charge on any atom is 0.233 e. The molecular weight excluding hydrogens is 452 g/mol. The van der Waals surface area contributed by atoms with Crippen LogP contribution >= 0.6 is 11.6 Å². The van der Waals surface area contributed by atoms with Crippen molar-refractivity contribution in [3.8, 4) is 0 Å². The molecule has 0 saturated carbocycles. The highest BCUT2D eigenvalue weighted by molar-refractivity contribution is 7.92. The van der Waals surface area contributed by atoms with E-state index >= 15 is 0 Å². The van der Waals surface area contributed by atoms with E-state index < -0.39 is 10.0 Å². The number of nitrogens with zero attached hydrogens (tertiary/aromatic N) is 6. The SMILES string of the molecule is CN(c1ncccc1CNc1nc(Nc2ccc3c(c2)ncn3C)ncc1Cl)S(C)(=O)=O. The van der Waals surface area contributed by atoms with Crippen LogP contribution in [0.2, 0.25) is 5.02 Å². The number of pyridine rings is 1. The highest BCUT2D eigenvalue weighted by atomic mass is 35.5. The number of aryl methyl sites for hydroxylation is 1. The number of imidazole rings is 1. The Balaban J connectivity index is 1.54. The minimum atomic E-state index is -3.45. The molecule has 4 rings (SSSR count). The Kier molecular flexibility index (Phi) is 5.85. The van der Waals surface area contributed by atoms with Crippen LogP contribution < -0.4 is 14.9 Å². The number of rotatable bonds is 7. The van der Waals surface area contributed by atoms with Gasteiger partial charge in [0.1, 0.15) is 10.8 Å². The summed E-state index contributed by atoms with van der Waals surface area (Å²) in [7, 11) is -0.0581. The van der Waals surface area contributed by atoms with Gasteiger partial charge in [-0.3, -0.25) is 4.31 Å². The Labute approximate surface area is 190 Å². The Morgan fingerprint density at radius 2 is 2.00 bits per heavy atom.